The molecule has 9 heteroatoms. The Balaban J connectivity index is 2.02. The van der Waals surface area contributed by atoms with Gasteiger partial charge in [-0.15, -0.1) is 0 Å². The molecule has 0 heterocycles. The summed E-state index contributed by atoms with van der Waals surface area (Å²) in [4.78, 5) is 6.02. The summed E-state index contributed by atoms with van der Waals surface area (Å²) in [5.74, 6) is 0.788. The first-order chi connectivity index (χ1) is 14.3. The van der Waals surface area contributed by atoms with Crippen molar-refractivity contribution in [3.63, 3.8) is 0 Å². The molecule has 0 saturated carbocycles. The Morgan fingerprint density at radius 2 is 1.80 bits per heavy atom. The summed E-state index contributed by atoms with van der Waals surface area (Å²) in [5.41, 5.74) is 1.99. The van der Waals surface area contributed by atoms with E-state index in [2.05, 4.69) is 20.4 Å². The predicted molar refractivity (Wildman–Crippen MR) is 110 cm³/mol. The predicted octanol–water partition coefficient (Wildman–Crippen LogP) is 3.36. The van der Waals surface area contributed by atoms with Crippen LogP contribution >= 0.6 is 0 Å². The monoisotopic (exact) mass is 424 g/mol. The number of nitrogens with one attached hydrogen (secondary N) is 2. The molecule has 0 aliphatic rings. The van der Waals surface area contributed by atoms with Crippen molar-refractivity contribution in [3.05, 3.63) is 58.9 Å². The van der Waals surface area contributed by atoms with Gasteiger partial charge in [0.25, 0.3) is 0 Å². The van der Waals surface area contributed by atoms with Crippen molar-refractivity contribution in [2.45, 2.75) is 26.2 Å². The number of hydrogen-bond donors (Lipinski definition) is 2. The van der Waals surface area contributed by atoms with Gasteiger partial charge in [0, 0.05) is 37.8 Å². The van der Waals surface area contributed by atoms with Gasteiger partial charge >= 0.3 is 6.61 Å². The lowest BCUT2D eigenvalue weighted by molar-refractivity contribution is -0.0505. The van der Waals surface area contributed by atoms with E-state index in [9.17, 15) is 13.2 Å². The summed E-state index contributed by atoms with van der Waals surface area (Å²) in [6.07, 6.45) is 0. The lowest BCUT2D eigenvalue weighted by atomic mass is 10.1. The number of halogens is 3. The molecule has 0 unspecified atom stereocenters. The normalized spacial score (nSPS) is 11.7. The van der Waals surface area contributed by atoms with Crippen molar-refractivity contribution in [1.82, 2.24) is 15.5 Å². The molecule has 0 aliphatic heterocycles. The topological polar surface area (TPSA) is 58.1 Å². The molecule has 0 aliphatic carbocycles. The molecule has 0 spiro atoms. The van der Waals surface area contributed by atoms with Gasteiger partial charge in [0.1, 0.15) is 17.3 Å². The molecule has 164 valence electrons. The Morgan fingerprint density at radius 3 is 2.43 bits per heavy atom. The minimum Gasteiger partial charge on any atom is -0.497 e. The molecule has 0 saturated heterocycles. The van der Waals surface area contributed by atoms with Gasteiger partial charge in [-0.1, -0.05) is 6.07 Å². The number of methoxy groups -OCH3 is 1. The number of aliphatic imine (C=N–C) groups is 1. The number of ether oxygens (including phenoxy) is 2. The van der Waals surface area contributed by atoms with Crippen molar-refractivity contribution in [2.24, 2.45) is 4.99 Å². The molecular formula is C21H27F3N4O2. The van der Waals surface area contributed by atoms with Gasteiger partial charge in [-0.25, -0.2) is 4.39 Å². The SMILES string of the molecule is CN=C(NCc1ccc(F)c(CN(C)C)c1)NCc1cc(OC)ccc1OC(F)F. The van der Waals surface area contributed by atoms with E-state index < -0.39 is 6.61 Å². The van der Waals surface area contributed by atoms with Crippen LogP contribution in [0, 0.1) is 5.82 Å². The number of hydrogen-bond acceptors (Lipinski definition) is 4. The van der Waals surface area contributed by atoms with Crippen LogP contribution in [0.2, 0.25) is 0 Å². The van der Waals surface area contributed by atoms with Crippen LogP contribution in [-0.2, 0) is 19.6 Å². The number of rotatable bonds is 9. The quantitative estimate of drug-likeness (QED) is 0.478. The Morgan fingerprint density at radius 1 is 1.07 bits per heavy atom. The molecular weight excluding hydrogens is 397 g/mol. The molecule has 0 atom stereocenters. The van der Waals surface area contributed by atoms with E-state index in [1.165, 1.54) is 19.2 Å². The third kappa shape index (κ3) is 7.14. The Bertz CT molecular complexity index is 860. The van der Waals surface area contributed by atoms with Crippen molar-refractivity contribution in [1.29, 1.82) is 0 Å². The highest BCUT2D eigenvalue weighted by Crippen LogP contribution is 2.25. The zero-order valence-electron chi connectivity index (χ0n) is 17.5. The van der Waals surface area contributed by atoms with Crippen LogP contribution < -0.4 is 20.1 Å². The fourth-order valence-electron chi connectivity index (χ4n) is 2.82. The third-order valence-corrected chi connectivity index (χ3v) is 4.21. The molecule has 2 N–H and O–H groups in total. The number of nitrogens with zero attached hydrogens (tertiary/aromatic N) is 2. The van der Waals surface area contributed by atoms with Crippen molar-refractivity contribution < 1.29 is 22.6 Å². The summed E-state index contributed by atoms with van der Waals surface area (Å²) < 4.78 is 49.0. The smallest absolute Gasteiger partial charge is 0.387 e. The summed E-state index contributed by atoms with van der Waals surface area (Å²) in [5, 5.41) is 6.18. The second kappa shape index (κ2) is 11.3. The summed E-state index contributed by atoms with van der Waals surface area (Å²) >= 11 is 0. The molecule has 2 aromatic carbocycles. The maximum atomic E-state index is 13.9. The minimum absolute atomic E-state index is 0.0561. The first-order valence-electron chi connectivity index (χ1n) is 9.30. The maximum Gasteiger partial charge on any atom is 0.387 e. The standard InChI is InChI=1S/C21H27F3N4O2/c1-25-21(26-11-14-5-7-18(22)16(9-14)13-28(2)3)27-12-15-10-17(29-4)6-8-19(15)30-20(23)24/h5-10,20H,11-13H2,1-4H3,(H2,25,26,27). The second-order valence-electron chi connectivity index (χ2n) is 6.80. The molecule has 0 radical (unpaired) electrons. The Labute approximate surface area is 174 Å². The van der Waals surface area contributed by atoms with Crippen molar-refractivity contribution in [3.8, 4) is 11.5 Å². The third-order valence-electron chi connectivity index (χ3n) is 4.21. The molecule has 30 heavy (non-hydrogen) atoms. The largest absolute Gasteiger partial charge is 0.497 e. The van der Waals surface area contributed by atoms with Crippen LogP contribution in [0.25, 0.3) is 0 Å². The highest BCUT2D eigenvalue weighted by Gasteiger charge is 2.12. The highest BCUT2D eigenvalue weighted by atomic mass is 19.3. The molecule has 2 aromatic rings. The van der Waals surface area contributed by atoms with Gasteiger partial charge in [0.05, 0.1) is 7.11 Å². The summed E-state index contributed by atoms with van der Waals surface area (Å²) in [7, 11) is 6.84. The first-order valence-corrected chi connectivity index (χ1v) is 9.30. The number of alkyl halides is 2. The van der Waals surface area contributed by atoms with Gasteiger partial charge in [-0.3, -0.25) is 4.99 Å². The van der Waals surface area contributed by atoms with Crippen molar-refractivity contribution in [2.75, 3.05) is 28.3 Å². The van der Waals surface area contributed by atoms with Gasteiger partial charge in [-0.2, -0.15) is 8.78 Å². The zero-order valence-corrected chi connectivity index (χ0v) is 17.5. The molecule has 0 fully saturated rings. The molecule has 6 nitrogen and oxygen atoms in total. The van der Waals surface area contributed by atoms with Crippen LogP contribution in [0.4, 0.5) is 13.2 Å². The van der Waals surface area contributed by atoms with Gasteiger partial charge in [0.2, 0.25) is 0 Å². The van der Waals surface area contributed by atoms with Crippen LogP contribution in [0.3, 0.4) is 0 Å². The molecule has 0 bridgehead atoms. The summed E-state index contributed by atoms with van der Waals surface area (Å²) in [6.45, 7) is -1.83. The van der Waals surface area contributed by atoms with Crippen LogP contribution in [0.5, 0.6) is 11.5 Å². The zero-order chi connectivity index (χ0) is 22.1. The van der Waals surface area contributed by atoms with Gasteiger partial charge < -0.3 is 25.0 Å². The fourth-order valence-corrected chi connectivity index (χ4v) is 2.82. The van der Waals surface area contributed by atoms with E-state index in [1.54, 1.807) is 31.3 Å². The minimum atomic E-state index is -2.93. The van der Waals surface area contributed by atoms with E-state index in [0.29, 0.717) is 35.9 Å². The molecule has 0 aromatic heterocycles. The lowest BCUT2D eigenvalue weighted by Crippen LogP contribution is -2.36. The average molecular weight is 424 g/mol. The average Bonchev–Trinajstić information content (AvgIpc) is 2.70. The Kier molecular flexibility index (Phi) is 8.79. The van der Waals surface area contributed by atoms with Crippen LogP contribution in [-0.4, -0.2) is 45.7 Å². The number of benzene rings is 2. The van der Waals surface area contributed by atoms with E-state index in [-0.39, 0.29) is 18.1 Å². The van der Waals surface area contributed by atoms with Crippen molar-refractivity contribution >= 4 is 5.96 Å². The van der Waals surface area contributed by atoms with E-state index in [4.69, 9.17) is 4.74 Å². The van der Waals surface area contributed by atoms with Gasteiger partial charge in [-0.05, 0) is 50.0 Å². The molecule has 0 amide bonds. The second-order valence-corrected chi connectivity index (χ2v) is 6.80. The van der Waals surface area contributed by atoms with E-state index in [0.717, 1.165) is 5.56 Å². The molecule has 2 rings (SSSR count). The lowest BCUT2D eigenvalue weighted by Gasteiger charge is -2.16. The fraction of sp³-hybridized carbons (Fsp3) is 0.381. The van der Waals surface area contributed by atoms with E-state index >= 15 is 0 Å². The van der Waals surface area contributed by atoms with Crippen LogP contribution in [0.1, 0.15) is 16.7 Å². The van der Waals surface area contributed by atoms with E-state index in [1.807, 2.05) is 19.0 Å². The maximum absolute atomic E-state index is 13.9. The Hall–Kier alpha value is -2.94. The summed E-state index contributed by atoms with van der Waals surface area (Å²) in [6, 6.07) is 9.54. The van der Waals surface area contributed by atoms with Gasteiger partial charge in [0.15, 0.2) is 5.96 Å². The first kappa shape index (κ1) is 23.3. The highest BCUT2D eigenvalue weighted by molar-refractivity contribution is 5.79. The van der Waals surface area contributed by atoms with Crippen LogP contribution in [0.15, 0.2) is 41.4 Å². The number of guanidine groups is 1.